The van der Waals surface area contributed by atoms with Gasteiger partial charge in [-0.05, 0) is 62.4 Å². The van der Waals surface area contributed by atoms with Crippen LogP contribution in [0.5, 0.6) is 0 Å². The summed E-state index contributed by atoms with van der Waals surface area (Å²) in [6.07, 6.45) is 3.72. The highest BCUT2D eigenvalue weighted by molar-refractivity contribution is 5.97. The summed E-state index contributed by atoms with van der Waals surface area (Å²) in [6.45, 7) is 8.01. The maximum Gasteiger partial charge on any atom is 0.335 e. The molecule has 0 aliphatic heterocycles. The molecule has 0 spiro atoms. The number of nitrogens with zero attached hydrogens (tertiary/aromatic N) is 1. The molecule has 0 unspecified atom stereocenters. The number of benzene rings is 1. The molecular formula is C18H26N2O2. The van der Waals surface area contributed by atoms with Crippen LogP contribution in [0.4, 0.5) is 0 Å². The predicted molar refractivity (Wildman–Crippen MR) is 90.7 cm³/mol. The van der Waals surface area contributed by atoms with E-state index in [0.29, 0.717) is 12.1 Å². The van der Waals surface area contributed by atoms with Crippen molar-refractivity contribution in [1.29, 1.82) is 0 Å². The van der Waals surface area contributed by atoms with Crippen molar-refractivity contribution >= 4 is 16.9 Å². The van der Waals surface area contributed by atoms with Gasteiger partial charge in [-0.2, -0.15) is 0 Å². The Morgan fingerprint density at radius 3 is 2.59 bits per heavy atom. The third kappa shape index (κ3) is 2.88. The maximum absolute atomic E-state index is 11.4. The smallest absolute Gasteiger partial charge is 0.335 e. The first-order valence-electron chi connectivity index (χ1n) is 8.13. The standard InChI is InChI=1S/C18H26N2O2/c1-4-9-20-12(3)15(7-6-8-19)16-11-14(18(21)22)10-13(5-2)17(16)20/h10-11H,4-9,19H2,1-3H3,(H,21,22). The van der Waals surface area contributed by atoms with E-state index in [1.807, 2.05) is 12.1 Å². The Kier molecular flexibility index (Phi) is 5.24. The Bertz CT molecular complexity index is 686. The number of carboxylic acids is 1. The van der Waals surface area contributed by atoms with Gasteiger partial charge in [-0.25, -0.2) is 4.79 Å². The molecule has 120 valence electrons. The van der Waals surface area contributed by atoms with E-state index in [2.05, 4.69) is 25.3 Å². The van der Waals surface area contributed by atoms with Crippen molar-refractivity contribution < 1.29 is 9.90 Å². The highest BCUT2D eigenvalue weighted by Crippen LogP contribution is 2.31. The molecule has 0 aliphatic rings. The number of hydrogen-bond acceptors (Lipinski definition) is 2. The lowest BCUT2D eigenvalue weighted by molar-refractivity contribution is 0.0697. The van der Waals surface area contributed by atoms with E-state index in [4.69, 9.17) is 5.73 Å². The first-order valence-corrected chi connectivity index (χ1v) is 8.13. The lowest BCUT2D eigenvalue weighted by Gasteiger charge is -2.10. The molecule has 1 aromatic heterocycles. The quantitative estimate of drug-likeness (QED) is 0.822. The fourth-order valence-electron chi connectivity index (χ4n) is 3.26. The Hall–Kier alpha value is -1.81. The van der Waals surface area contributed by atoms with Crippen LogP contribution in [0.1, 0.15) is 53.9 Å². The van der Waals surface area contributed by atoms with E-state index < -0.39 is 5.97 Å². The SMILES string of the molecule is CCCn1c(C)c(CCCN)c2cc(C(=O)O)cc(CC)c21. The van der Waals surface area contributed by atoms with Crippen molar-refractivity contribution in [3.63, 3.8) is 0 Å². The molecule has 0 atom stereocenters. The van der Waals surface area contributed by atoms with Crippen LogP contribution in [0.25, 0.3) is 10.9 Å². The first kappa shape index (κ1) is 16.6. The van der Waals surface area contributed by atoms with Gasteiger partial charge in [-0.3, -0.25) is 0 Å². The number of nitrogens with two attached hydrogens (primary N) is 1. The molecule has 1 heterocycles. The summed E-state index contributed by atoms with van der Waals surface area (Å²) in [6, 6.07) is 3.66. The van der Waals surface area contributed by atoms with Gasteiger partial charge in [-0.15, -0.1) is 0 Å². The molecule has 0 amide bonds. The summed E-state index contributed by atoms with van der Waals surface area (Å²) in [5.74, 6) is -0.859. The zero-order valence-corrected chi connectivity index (χ0v) is 13.8. The number of fused-ring (bicyclic) bond motifs is 1. The second-order valence-electron chi connectivity index (χ2n) is 5.80. The number of carbonyl (C=O) groups is 1. The van der Waals surface area contributed by atoms with Crippen molar-refractivity contribution in [3.8, 4) is 0 Å². The number of aryl methyl sites for hydroxylation is 3. The van der Waals surface area contributed by atoms with Gasteiger partial charge in [0.2, 0.25) is 0 Å². The number of rotatable bonds is 7. The Morgan fingerprint density at radius 2 is 2.05 bits per heavy atom. The number of hydrogen-bond donors (Lipinski definition) is 2. The van der Waals surface area contributed by atoms with Gasteiger partial charge >= 0.3 is 5.97 Å². The predicted octanol–water partition coefficient (Wildman–Crippen LogP) is 3.51. The monoisotopic (exact) mass is 302 g/mol. The van der Waals surface area contributed by atoms with Gasteiger partial charge in [0.05, 0.1) is 11.1 Å². The molecule has 0 saturated heterocycles. The molecule has 0 bridgehead atoms. The molecule has 0 radical (unpaired) electrons. The van der Waals surface area contributed by atoms with Crippen molar-refractivity contribution in [1.82, 2.24) is 4.57 Å². The van der Waals surface area contributed by atoms with E-state index in [1.165, 1.54) is 16.8 Å². The molecule has 3 N–H and O–H groups in total. The second kappa shape index (κ2) is 6.97. The molecule has 2 aromatic rings. The highest BCUT2D eigenvalue weighted by atomic mass is 16.4. The van der Waals surface area contributed by atoms with Crippen LogP contribution in [-0.4, -0.2) is 22.2 Å². The molecule has 0 fully saturated rings. The van der Waals surface area contributed by atoms with Crippen molar-refractivity contribution in [2.24, 2.45) is 5.73 Å². The van der Waals surface area contributed by atoms with Crippen LogP contribution in [0.15, 0.2) is 12.1 Å². The molecule has 4 nitrogen and oxygen atoms in total. The summed E-state index contributed by atoms with van der Waals surface area (Å²) in [4.78, 5) is 11.4. The highest BCUT2D eigenvalue weighted by Gasteiger charge is 2.18. The molecular weight excluding hydrogens is 276 g/mol. The summed E-state index contributed by atoms with van der Waals surface area (Å²) in [7, 11) is 0. The van der Waals surface area contributed by atoms with Gasteiger partial charge in [0, 0.05) is 17.6 Å². The Balaban J connectivity index is 2.78. The zero-order chi connectivity index (χ0) is 16.3. The summed E-state index contributed by atoms with van der Waals surface area (Å²) >= 11 is 0. The molecule has 22 heavy (non-hydrogen) atoms. The largest absolute Gasteiger partial charge is 0.478 e. The lowest BCUT2D eigenvalue weighted by Crippen LogP contribution is -2.03. The summed E-state index contributed by atoms with van der Waals surface area (Å²) < 4.78 is 2.35. The third-order valence-electron chi connectivity index (χ3n) is 4.33. The number of aromatic nitrogens is 1. The van der Waals surface area contributed by atoms with Gasteiger partial charge in [-0.1, -0.05) is 13.8 Å². The van der Waals surface area contributed by atoms with E-state index in [0.717, 1.165) is 43.2 Å². The Labute approximate surface area is 131 Å². The molecule has 4 heteroatoms. The van der Waals surface area contributed by atoms with Crippen LogP contribution >= 0.6 is 0 Å². The minimum absolute atomic E-state index is 0.381. The average Bonchev–Trinajstić information content (AvgIpc) is 2.77. The minimum Gasteiger partial charge on any atom is -0.478 e. The van der Waals surface area contributed by atoms with E-state index in [9.17, 15) is 9.90 Å². The van der Waals surface area contributed by atoms with E-state index in [1.54, 1.807) is 0 Å². The van der Waals surface area contributed by atoms with Gasteiger partial charge in [0.15, 0.2) is 0 Å². The van der Waals surface area contributed by atoms with Crippen LogP contribution < -0.4 is 5.73 Å². The van der Waals surface area contributed by atoms with E-state index >= 15 is 0 Å². The molecule has 2 rings (SSSR count). The van der Waals surface area contributed by atoms with Crippen LogP contribution in [-0.2, 0) is 19.4 Å². The van der Waals surface area contributed by atoms with Crippen LogP contribution in [0.2, 0.25) is 0 Å². The molecule has 0 aliphatic carbocycles. The summed E-state index contributed by atoms with van der Waals surface area (Å²) in [5.41, 5.74) is 10.9. The maximum atomic E-state index is 11.4. The Morgan fingerprint density at radius 1 is 1.32 bits per heavy atom. The van der Waals surface area contributed by atoms with Crippen molar-refractivity contribution in [2.45, 2.75) is 53.0 Å². The van der Waals surface area contributed by atoms with Crippen LogP contribution in [0.3, 0.4) is 0 Å². The van der Waals surface area contributed by atoms with Crippen LogP contribution in [0, 0.1) is 6.92 Å². The minimum atomic E-state index is -0.859. The van der Waals surface area contributed by atoms with Gasteiger partial charge in [0.1, 0.15) is 0 Å². The fraction of sp³-hybridized carbons (Fsp3) is 0.500. The molecule has 0 saturated carbocycles. The first-order chi connectivity index (χ1) is 10.5. The normalized spacial score (nSPS) is 11.3. The topological polar surface area (TPSA) is 68.2 Å². The van der Waals surface area contributed by atoms with Gasteiger partial charge < -0.3 is 15.4 Å². The lowest BCUT2D eigenvalue weighted by atomic mass is 10.00. The van der Waals surface area contributed by atoms with Gasteiger partial charge in [0.25, 0.3) is 0 Å². The average molecular weight is 302 g/mol. The zero-order valence-electron chi connectivity index (χ0n) is 13.8. The van der Waals surface area contributed by atoms with E-state index in [-0.39, 0.29) is 0 Å². The third-order valence-corrected chi connectivity index (χ3v) is 4.33. The summed E-state index contributed by atoms with van der Waals surface area (Å²) in [5, 5.41) is 10.5. The number of carboxylic acid groups (broad SMARTS) is 1. The number of aromatic carboxylic acids is 1. The molecule has 1 aromatic carbocycles. The van der Waals surface area contributed by atoms with Crippen molar-refractivity contribution in [3.05, 3.63) is 34.5 Å². The van der Waals surface area contributed by atoms with Crippen molar-refractivity contribution in [2.75, 3.05) is 6.54 Å². The fourth-order valence-corrected chi connectivity index (χ4v) is 3.26. The second-order valence-corrected chi connectivity index (χ2v) is 5.80.